The molecule has 0 bridgehead atoms. The monoisotopic (exact) mass is 655 g/mol. The summed E-state index contributed by atoms with van der Waals surface area (Å²) in [6.07, 6.45) is 1.63. The lowest BCUT2D eigenvalue weighted by atomic mass is 9.83. The van der Waals surface area contributed by atoms with Crippen molar-refractivity contribution in [3.8, 4) is 11.3 Å². The first-order valence-electron chi connectivity index (χ1n) is 16.9. The van der Waals surface area contributed by atoms with Crippen molar-refractivity contribution in [2.24, 2.45) is 5.92 Å². The zero-order valence-electron chi connectivity index (χ0n) is 28.3. The Bertz CT molecular complexity index is 1910. The van der Waals surface area contributed by atoms with Gasteiger partial charge in [-0.1, -0.05) is 18.2 Å². The number of fused-ring (bicyclic) bond motifs is 2. The maximum atomic E-state index is 13.9. The molecule has 4 aromatic rings. The number of halogens is 2. The summed E-state index contributed by atoms with van der Waals surface area (Å²) in [5, 5.41) is 6.19. The summed E-state index contributed by atoms with van der Waals surface area (Å²) in [4.78, 5) is 40.5. The highest BCUT2D eigenvalue weighted by molar-refractivity contribution is 6.09. The number of carbonyl (C=O) groups excluding carboxylic acids is 2. The van der Waals surface area contributed by atoms with Gasteiger partial charge >= 0.3 is 0 Å². The van der Waals surface area contributed by atoms with Crippen LogP contribution in [0, 0.1) is 12.8 Å². The first-order valence-corrected chi connectivity index (χ1v) is 16.9. The van der Waals surface area contributed by atoms with Crippen molar-refractivity contribution < 1.29 is 18.4 Å². The van der Waals surface area contributed by atoms with Crippen LogP contribution in [0.2, 0.25) is 0 Å². The molecule has 2 N–H and O–H groups in total. The molecule has 4 heterocycles. The molecule has 0 unspecified atom stereocenters. The van der Waals surface area contributed by atoms with Gasteiger partial charge < -0.3 is 20.1 Å². The van der Waals surface area contributed by atoms with Gasteiger partial charge in [0.05, 0.1) is 23.0 Å². The van der Waals surface area contributed by atoms with Gasteiger partial charge in [-0.2, -0.15) is 0 Å². The number of likely N-dealkylation sites (tertiary alicyclic amines) is 1. The minimum atomic E-state index is -2.28. The average molecular weight is 656 g/mol. The molecule has 3 aliphatic rings. The summed E-state index contributed by atoms with van der Waals surface area (Å²) in [7, 11) is 1.62. The quantitative estimate of drug-likeness (QED) is 0.216. The molecular formula is C37H43F2N7O2. The van der Waals surface area contributed by atoms with Crippen molar-refractivity contribution in [1.82, 2.24) is 24.8 Å². The molecule has 2 aromatic heterocycles. The molecule has 7 rings (SSSR count). The van der Waals surface area contributed by atoms with E-state index in [-0.39, 0.29) is 29.9 Å². The van der Waals surface area contributed by atoms with Crippen molar-refractivity contribution >= 4 is 40.0 Å². The van der Waals surface area contributed by atoms with Gasteiger partial charge in [-0.25, -0.2) is 18.7 Å². The second kappa shape index (κ2) is 11.9. The third-order valence-electron chi connectivity index (χ3n) is 10.6. The number of carbonyl (C=O) groups is 2. The van der Waals surface area contributed by atoms with E-state index in [4.69, 9.17) is 9.97 Å². The van der Waals surface area contributed by atoms with E-state index in [0.717, 1.165) is 51.9 Å². The fourth-order valence-corrected chi connectivity index (χ4v) is 7.63. The zero-order valence-corrected chi connectivity index (χ0v) is 28.3. The molecule has 11 heteroatoms. The van der Waals surface area contributed by atoms with Crippen LogP contribution in [0.4, 0.5) is 26.0 Å². The Labute approximate surface area is 279 Å². The van der Waals surface area contributed by atoms with Crippen LogP contribution in [-0.2, 0) is 10.2 Å². The molecule has 2 fully saturated rings. The Morgan fingerprint density at radius 1 is 1.06 bits per heavy atom. The van der Waals surface area contributed by atoms with Crippen LogP contribution in [-0.4, -0.2) is 69.9 Å². The Hall–Kier alpha value is -4.38. The molecule has 252 valence electrons. The predicted molar refractivity (Wildman–Crippen MR) is 184 cm³/mol. The van der Waals surface area contributed by atoms with Crippen molar-refractivity contribution in [3.05, 3.63) is 65.5 Å². The van der Waals surface area contributed by atoms with E-state index >= 15 is 0 Å². The van der Waals surface area contributed by atoms with Crippen molar-refractivity contribution in [2.45, 2.75) is 83.8 Å². The summed E-state index contributed by atoms with van der Waals surface area (Å²) < 4.78 is 28.7. The predicted octanol–water partition coefficient (Wildman–Crippen LogP) is 6.83. The second-order valence-electron chi connectivity index (χ2n) is 14.4. The number of anilines is 3. The first kappa shape index (κ1) is 32.2. The first-order chi connectivity index (χ1) is 22.9. The van der Waals surface area contributed by atoms with Crippen LogP contribution in [0.15, 0.2) is 48.8 Å². The van der Waals surface area contributed by atoms with Crippen molar-refractivity contribution in [3.63, 3.8) is 0 Å². The Morgan fingerprint density at radius 2 is 1.83 bits per heavy atom. The van der Waals surface area contributed by atoms with Gasteiger partial charge in [0.2, 0.25) is 12.3 Å². The summed E-state index contributed by atoms with van der Waals surface area (Å²) >= 11 is 0. The molecule has 0 radical (unpaired) electrons. The summed E-state index contributed by atoms with van der Waals surface area (Å²) in [6, 6.07) is 14.1. The van der Waals surface area contributed by atoms with E-state index in [1.54, 1.807) is 7.05 Å². The number of aryl methyl sites for hydroxylation is 1. The number of pyridine rings is 1. The van der Waals surface area contributed by atoms with E-state index < -0.39 is 17.8 Å². The van der Waals surface area contributed by atoms with Crippen LogP contribution in [0.5, 0.6) is 0 Å². The number of nitrogens with zero attached hydrogens (tertiary/aromatic N) is 5. The van der Waals surface area contributed by atoms with Crippen molar-refractivity contribution in [1.29, 1.82) is 0 Å². The van der Waals surface area contributed by atoms with E-state index in [9.17, 15) is 18.4 Å². The normalized spacial score (nSPS) is 22.1. The number of hydrogen-bond donors (Lipinski definition) is 2. The molecule has 48 heavy (non-hydrogen) atoms. The number of aromatic nitrogens is 3. The summed E-state index contributed by atoms with van der Waals surface area (Å²) in [6.45, 7) is 11.2. The largest absolute Gasteiger partial charge is 0.355 e. The van der Waals surface area contributed by atoms with Gasteiger partial charge in [0.25, 0.3) is 5.91 Å². The van der Waals surface area contributed by atoms with Crippen molar-refractivity contribution in [2.75, 3.05) is 30.4 Å². The highest BCUT2D eigenvalue weighted by Crippen LogP contribution is 2.48. The molecule has 9 nitrogen and oxygen atoms in total. The number of rotatable bonds is 8. The molecule has 1 saturated heterocycles. The van der Waals surface area contributed by atoms with Gasteiger partial charge in [-0.15, -0.1) is 0 Å². The number of nitrogens with one attached hydrogen (secondary N) is 2. The molecule has 1 saturated carbocycles. The van der Waals surface area contributed by atoms with Gasteiger partial charge in [0.15, 0.2) is 5.82 Å². The lowest BCUT2D eigenvalue weighted by Crippen LogP contribution is -2.55. The van der Waals surface area contributed by atoms with Crippen LogP contribution in [0.1, 0.15) is 74.5 Å². The maximum Gasteiger partial charge on any atom is 0.251 e. The van der Waals surface area contributed by atoms with Gasteiger partial charge in [-0.3, -0.25) is 14.5 Å². The standard InChI is InChI=1S/C37H43F2N7O2/c1-20(2)45-19-41-30-17-29(43-34(32(30)45)42-24-9-7-21(3)27(14-24)35(47)40-6)22-8-10-28-31(13-22)46(36(48)37(28,4)5)26-15-25(16-26)44-12-11-23(18-44)33(38)39/h7-10,13-14,17,19-20,23,25-26,33H,11-12,15-16,18H2,1-6H3,(H,40,47)(H,42,43)/t23-,25-,26+/m0/s1. The number of imidazole rings is 1. The SMILES string of the molecule is CNC(=O)c1cc(Nc2nc(-c3ccc4c(c3)N([C@H]3C[C@@H](N5CC[C@H](C(F)F)C5)C3)C(=O)C4(C)C)cc3ncn(C(C)C)c23)ccc1C. The fourth-order valence-electron chi connectivity index (χ4n) is 7.63. The van der Waals surface area contributed by atoms with Crippen LogP contribution in [0.3, 0.4) is 0 Å². The van der Waals surface area contributed by atoms with E-state index in [2.05, 4.69) is 40.0 Å². The molecule has 1 aliphatic carbocycles. The van der Waals surface area contributed by atoms with Crippen LogP contribution >= 0.6 is 0 Å². The Balaban J connectivity index is 1.24. The minimum absolute atomic E-state index is 0.0225. The highest BCUT2D eigenvalue weighted by Gasteiger charge is 2.50. The average Bonchev–Trinajstić information content (AvgIpc) is 3.74. The van der Waals surface area contributed by atoms with Crippen LogP contribution in [0.25, 0.3) is 22.3 Å². The Morgan fingerprint density at radius 3 is 2.52 bits per heavy atom. The minimum Gasteiger partial charge on any atom is -0.355 e. The number of amides is 2. The lowest BCUT2D eigenvalue weighted by Gasteiger charge is -2.46. The third-order valence-corrected chi connectivity index (χ3v) is 10.6. The third kappa shape index (κ3) is 5.32. The fraction of sp³-hybridized carbons (Fsp3) is 0.459. The smallest absolute Gasteiger partial charge is 0.251 e. The highest BCUT2D eigenvalue weighted by atomic mass is 19.3. The van der Waals surface area contributed by atoms with Gasteiger partial charge in [0, 0.05) is 60.1 Å². The topological polar surface area (TPSA) is 95.4 Å². The number of benzene rings is 2. The van der Waals surface area contributed by atoms with E-state index in [0.29, 0.717) is 36.6 Å². The molecule has 2 aromatic carbocycles. The maximum absolute atomic E-state index is 13.9. The molecule has 2 aliphatic heterocycles. The van der Waals surface area contributed by atoms with E-state index in [1.165, 1.54) is 0 Å². The van der Waals surface area contributed by atoms with E-state index in [1.807, 2.05) is 68.4 Å². The van der Waals surface area contributed by atoms with Gasteiger partial charge in [-0.05, 0) is 95.8 Å². The molecular weight excluding hydrogens is 612 g/mol. The molecule has 0 spiro atoms. The second-order valence-corrected chi connectivity index (χ2v) is 14.4. The molecule has 2 amide bonds. The Kier molecular flexibility index (Phi) is 8.01. The van der Waals surface area contributed by atoms with Gasteiger partial charge in [0.1, 0.15) is 5.52 Å². The van der Waals surface area contributed by atoms with Crippen LogP contribution < -0.4 is 15.5 Å². The number of alkyl halides is 2. The zero-order chi connectivity index (χ0) is 34.1. The molecule has 1 atom stereocenters. The number of hydrogen-bond acceptors (Lipinski definition) is 6. The lowest BCUT2D eigenvalue weighted by molar-refractivity contribution is -0.123. The summed E-state index contributed by atoms with van der Waals surface area (Å²) in [5.41, 5.74) is 6.55. The summed E-state index contributed by atoms with van der Waals surface area (Å²) in [5.74, 6) is -0.0351.